The highest BCUT2D eigenvalue weighted by atomic mass is 32.2. The standard InChI is InChI=1S/C21H17F2N5O3S/c1-29-16-11-14(8-9-15(16)30-20(22)23)19-25-18(31-28-19)12-32-21-24-17(26-27-21)10-7-13-5-3-2-4-6-13/h2-11,20H,12H2,1H3,(H,24,26,27)/b10-7+. The van der Waals surface area contributed by atoms with Crippen molar-refractivity contribution in [2.45, 2.75) is 17.5 Å². The van der Waals surface area contributed by atoms with E-state index >= 15 is 0 Å². The maximum Gasteiger partial charge on any atom is 0.387 e. The third-order valence-corrected chi connectivity index (χ3v) is 4.98. The lowest BCUT2D eigenvalue weighted by atomic mass is 10.2. The van der Waals surface area contributed by atoms with Gasteiger partial charge in [-0.3, -0.25) is 5.10 Å². The Bertz CT molecular complexity index is 1200. The zero-order valence-corrected chi connectivity index (χ0v) is 17.6. The fourth-order valence-corrected chi connectivity index (χ4v) is 3.34. The molecule has 4 aromatic rings. The first-order valence-electron chi connectivity index (χ1n) is 9.35. The number of methoxy groups -OCH3 is 1. The van der Waals surface area contributed by atoms with Gasteiger partial charge in [-0.1, -0.05) is 53.3 Å². The highest BCUT2D eigenvalue weighted by Gasteiger charge is 2.15. The minimum atomic E-state index is -2.95. The molecule has 0 aliphatic rings. The van der Waals surface area contributed by atoms with Crippen molar-refractivity contribution in [1.82, 2.24) is 25.3 Å². The first-order chi connectivity index (χ1) is 15.6. The molecule has 1 N–H and O–H groups in total. The molecule has 0 aliphatic heterocycles. The number of ether oxygens (including phenoxy) is 2. The first kappa shape index (κ1) is 21.5. The van der Waals surface area contributed by atoms with Crippen LogP contribution in [0.2, 0.25) is 0 Å². The fourth-order valence-electron chi connectivity index (χ4n) is 2.69. The summed E-state index contributed by atoms with van der Waals surface area (Å²) in [6.07, 6.45) is 3.77. The number of thioether (sulfide) groups is 1. The summed E-state index contributed by atoms with van der Waals surface area (Å²) < 4.78 is 39.7. The molecule has 0 fully saturated rings. The molecule has 0 aliphatic carbocycles. The largest absolute Gasteiger partial charge is 0.493 e. The number of nitrogens with zero attached hydrogens (tertiary/aromatic N) is 4. The van der Waals surface area contributed by atoms with E-state index in [2.05, 4.69) is 30.1 Å². The molecule has 0 saturated heterocycles. The van der Waals surface area contributed by atoms with Gasteiger partial charge >= 0.3 is 6.61 Å². The molecule has 0 bridgehead atoms. The van der Waals surface area contributed by atoms with Crippen molar-refractivity contribution in [2.24, 2.45) is 0 Å². The van der Waals surface area contributed by atoms with E-state index < -0.39 is 6.61 Å². The van der Waals surface area contributed by atoms with Gasteiger partial charge in [-0.25, -0.2) is 4.98 Å². The van der Waals surface area contributed by atoms with Crippen molar-refractivity contribution < 1.29 is 22.8 Å². The van der Waals surface area contributed by atoms with E-state index in [1.54, 1.807) is 6.07 Å². The number of benzene rings is 2. The molecule has 0 radical (unpaired) electrons. The highest BCUT2D eigenvalue weighted by Crippen LogP contribution is 2.32. The molecule has 11 heteroatoms. The van der Waals surface area contributed by atoms with Crippen molar-refractivity contribution >= 4 is 23.9 Å². The second-order valence-corrected chi connectivity index (χ2v) is 7.23. The van der Waals surface area contributed by atoms with Crippen molar-refractivity contribution in [3.63, 3.8) is 0 Å². The number of nitrogens with one attached hydrogen (secondary N) is 1. The van der Waals surface area contributed by atoms with Crippen LogP contribution in [-0.4, -0.2) is 39.0 Å². The highest BCUT2D eigenvalue weighted by molar-refractivity contribution is 7.98. The SMILES string of the molecule is COc1cc(-c2noc(CSc3n[nH]c(/C=C/c4ccccc4)n3)n2)ccc1OC(F)F. The number of hydrogen-bond donors (Lipinski definition) is 1. The summed E-state index contributed by atoms with van der Waals surface area (Å²) in [6, 6.07) is 14.3. The van der Waals surface area contributed by atoms with Gasteiger partial charge in [0.15, 0.2) is 11.5 Å². The Kier molecular flexibility index (Phi) is 6.75. The van der Waals surface area contributed by atoms with Crippen LogP contribution in [-0.2, 0) is 5.75 Å². The topological polar surface area (TPSA) is 99.0 Å². The van der Waals surface area contributed by atoms with Crippen LogP contribution in [0.5, 0.6) is 11.5 Å². The molecular weight excluding hydrogens is 440 g/mol. The van der Waals surface area contributed by atoms with E-state index in [0.717, 1.165) is 5.56 Å². The summed E-state index contributed by atoms with van der Waals surface area (Å²) in [5.41, 5.74) is 1.59. The second kappa shape index (κ2) is 10.1. The predicted octanol–water partition coefficient (Wildman–Crippen LogP) is 4.93. The maximum atomic E-state index is 12.5. The lowest BCUT2D eigenvalue weighted by molar-refractivity contribution is -0.0512. The van der Waals surface area contributed by atoms with Crippen LogP contribution >= 0.6 is 11.8 Å². The Labute approximate surface area is 185 Å². The second-order valence-electron chi connectivity index (χ2n) is 6.29. The van der Waals surface area contributed by atoms with Crippen molar-refractivity contribution in [2.75, 3.05) is 7.11 Å². The molecule has 164 valence electrons. The normalized spacial score (nSPS) is 11.4. The van der Waals surface area contributed by atoms with E-state index in [1.165, 1.54) is 31.0 Å². The number of aromatic amines is 1. The molecule has 2 aromatic heterocycles. The summed E-state index contributed by atoms with van der Waals surface area (Å²) in [7, 11) is 1.36. The van der Waals surface area contributed by atoms with Crippen LogP contribution in [0.15, 0.2) is 58.2 Å². The van der Waals surface area contributed by atoms with Crippen molar-refractivity contribution in [3.05, 3.63) is 65.8 Å². The molecule has 0 atom stereocenters. The lowest BCUT2D eigenvalue weighted by Crippen LogP contribution is -2.03. The molecule has 0 unspecified atom stereocenters. The zero-order chi connectivity index (χ0) is 22.3. The number of rotatable bonds is 9. The van der Waals surface area contributed by atoms with Crippen LogP contribution < -0.4 is 9.47 Å². The smallest absolute Gasteiger partial charge is 0.387 e. The van der Waals surface area contributed by atoms with Gasteiger partial charge in [0, 0.05) is 5.56 Å². The van der Waals surface area contributed by atoms with Gasteiger partial charge in [0.05, 0.1) is 12.9 Å². The Morgan fingerprint density at radius 1 is 1.09 bits per heavy atom. The van der Waals surface area contributed by atoms with E-state index in [-0.39, 0.29) is 11.5 Å². The number of hydrogen-bond acceptors (Lipinski definition) is 8. The van der Waals surface area contributed by atoms with E-state index in [1.807, 2.05) is 42.5 Å². The summed E-state index contributed by atoms with van der Waals surface area (Å²) in [4.78, 5) is 8.71. The first-order valence-corrected chi connectivity index (χ1v) is 10.3. The van der Waals surface area contributed by atoms with E-state index in [4.69, 9.17) is 9.26 Å². The average Bonchev–Trinajstić information content (AvgIpc) is 3.46. The summed E-state index contributed by atoms with van der Waals surface area (Å²) in [5.74, 6) is 1.71. The van der Waals surface area contributed by atoms with E-state index in [0.29, 0.717) is 34.0 Å². The minimum absolute atomic E-state index is 0.0766. The van der Waals surface area contributed by atoms with Crippen LogP contribution in [0.25, 0.3) is 23.5 Å². The summed E-state index contributed by atoms with van der Waals surface area (Å²) >= 11 is 1.33. The lowest BCUT2D eigenvalue weighted by Gasteiger charge is -2.10. The zero-order valence-electron chi connectivity index (χ0n) is 16.7. The van der Waals surface area contributed by atoms with E-state index in [9.17, 15) is 8.78 Å². The van der Waals surface area contributed by atoms with Gasteiger partial charge in [0.25, 0.3) is 0 Å². The Morgan fingerprint density at radius 3 is 2.72 bits per heavy atom. The predicted molar refractivity (Wildman–Crippen MR) is 114 cm³/mol. The van der Waals surface area contributed by atoms with Gasteiger partial charge in [-0.05, 0) is 29.8 Å². The molecule has 8 nitrogen and oxygen atoms in total. The number of halogens is 2. The fraction of sp³-hybridized carbons (Fsp3) is 0.143. The van der Waals surface area contributed by atoms with Crippen LogP contribution in [0.4, 0.5) is 8.78 Å². The molecule has 0 spiro atoms. The van der Waals surface area contributed by atoms with Crippen LogP contribution in [0.3, 0.4) is 0 Å². The summed E-state index contributed by atoms with van der Waals surface area (Å²) in [5, 5.41) is 11.5. The Balaban J connectivity index is 1.38. The minimum Gasteiger partial charge on any atom is -0.493 e. The third-order valence-electron chi connectivity index (χ3n) is 4.15. The molecule has 2 heterocycles. The molecular formula is C21H17F2N5O3S. The number of aromatic nitrogens is 5. The Hall–Kier alpha value is -3.73. The van der Waals surface area contributed by atoms with Crippen LogP contribution in [0.1, 0.15) is 17.3 Å². The molecule has 0 amide bonds. The molecule has 0 saturated carbocycles. The molecule has 4 rings (SSSR count). The third kappa shape index (κ3) is 5.49. The van der Waals surface area contributed by atoms with Gasteiger partial charge < -0.3 is 14.0 Å². The Morgan fingerprint density at radius 2 is 1.94 bits per heavy atom. The maximum absolute atomic E-state index is 12.5. The summed E-state index contributed by atoms with van der Waals surface area (Å²) in [6.45, 7) is -2.95. The van der Waals surface area contributed by atoms with Gasteiger partial charge in [-0.2, -0.15) is 13.8 Å². The monoisotopic (exact) mass is 457 g/mol. The quantitative estimate of drug-likeness (QED) is 0.353. The van der Waals surface area contributed by atoms with Crippen LogP contribution in [0, 0.1) is 0 Å². The van der Waals surface area contributed by atoms with Gasteiger partial charge in [-0.15, -0.1) is 5.10 Å². The van der Waals surface area contributed by atoms with Gasteiger partial charge in [0.1, 0.15) is 5.82 Å². The van der Waals surface area contributed by atoms with Crippen molar-refractivity contribution in [3.8, 4) is 22.9 Å². The van der Waals surface area contributed by atoms with Gasteiger partial charge in [0.2, 0.25) is 16.9 Å². The number of H-pyrrole nitrogens is 1. The molecule has 2 aromatic carbocycles. The van der Waals surface area contributed by atoms with Crippen molar-refractivity contribution in [1.29, 1.82) is 0 Å². The number of alkyl halides is 2. The molecule has 32 heavy (non-hydrogen) atoms. The average molecular weight is 457 g/mol.